The summed E-state index contributed by atoms with van der Waals surface area (Å²) in [5.41, 5.74) is 5.82. The van der Waals surface area contributed by atoms with Crippen molar-refractivity contribution in [2.75, 3.05) is 6.54 Å². The second-order valence-electron chi connectivity index (χ2n) is 7.92. The lowest BCUT2D eigenvalue weighted by molar-refractivity contribution is -0.119. The summed E-state index contributed by atoms with van der Waals surface area (Å²) in [5, 5.41) is 17.9. The number of aromatic nitrogens is 1. The first-order chi connectivity index (χ1) is 17.6. The number of halogens is 2. The first-order valence-corrected chi connectivity index (χ1v) is 12.2. The largest absolute Gasteiger partial charge is 0.370 e. The van der Waals surface area contributed by atoms with E-state index in [4.69, 9.17) is 15.5 Å². The molecule has 0 bridgehead atoms. The third kappa shape index (κ3) is 8.45. The lowest BCUT2D eigenvalue weighted by atomic mass is 10.0. The molecule has 4 N–H and O–H groups in total. The van der Waals surface area contributed by atoms with E-state index in [0.29, 0.717) is 22.6 Å². The van der Waals surface area contributed by atoms with E-state index in [9.17, 15) is 18.4 Å². The molecule has 3 rings (SSSR count). The molecule has 2 aromatic carbocycles. The minimum atomic E-state index is -3.19. The van der Waals surface area contributed by atoms with E-state index in [2.05, 4.69) is 15.8 Å². The molecule has 0 aliphatic heterocycles. The fourth-order valence-corrected chi connectivity index (χ4v) is 3.65. The van der Waals surface area contributed by atoms with Crippen LogP contribution in [0.3, 0.4) is 0 Å². The Kier molecular flexibility index (Phi) is 10.9. The second kappa shape index (κ2) is 13.6. The number of rotatable bonds is 10. The monoisotopic (exact) mass is 529 g/mol. The lowest BCUT2D eigenvalue weighted by Gasteiger charge is -2.24. The Labute approximate surface area is 216 Å². The molecule has 196 valence electrons. The van der Waals surface area contributed by atoms with Gasteiger partial charge in [-0.25, -0.2) is 8.78 Å². The fraction of sp³-hybridized carbons (Fsp3) is 0.308. The van der Waals surface area contributed by atoms with Gasteiger partial charge in [-0.15, -0.1) is 0 Å². The Balaban J connectivity index is 0.00000235. The van der Waals surface area contributed by atoms with Gasteiger partial charge in [0.15, 0.2) is 5.76 Å². The molecule has 0 radical (unpaired) electrons. The van der Waals surface area contributed by atoms with Crippen LogP contribution in [0.15, 0.2) is 53.1 Å². The van der Waals surface area contributed by atoms with Crippen molar-refractivity contribution in [3.05, 3.63) is 65.2 Å². The Hall–Kier alpha value is -3.67. The van der Waals surface area contributed by atoms with Crippen LogP contribution in [0.25, 0.3) is 22.6 Å². The number of nitriles is 1. The highest BCUT2D eigenvalue weighted by atomic mass is 31.0. The van der Waals surface area contributed by atoms with Crippen molar-refractivity contribution in [2.24, 2.45) is 5.73 Å². The van der Waals surface area contributed by atoms with Crippen molar-refractivity contribution >= 4 is 21.1 Å². The number of hydrogen-bond acceptors (Lipinski definition) is 6. The zero-order valence-corrected chi connectivity index (χ0v) is 22.0. The predicted octanol–water partition coefficient (Wildman–Crippen LogP) is 4.40. The molecule has 0 saturated carbocycles. The molecule has 2 atom stereocenters. The number of nitrogens with one attached hydrogen (secondary N) is 2. The number of amides is 2. The highest BCUT2D eigenvalue weighted by Gasteiger charge is 2.35. The quantitative estimate of drug-likeness (QED) is 0.263. The third-order valence-corrected chi connectivity index (χ3v) is 5.70. The van der Waals surface area contributed by atoms with Crippen molar-refractivity contribution in [3.63, 3.8) is 0 Å². The maximum atomic E-state index is 13.7. The third-order valence-electron chi connectivity index (χ3n) is 5.29. The van der Waals surface area contributed by atoms with Gasteiger partial charge in [-0.1, -0.05) is 52.5 Å². The van der Waals surface area contributed by atoms with Gasteiger partial charge < -0.3 is 20.9 Å². The Bertz CT molecular complexity index is 1270. The summed E-state index contributed by atoms with van der Waals surface area (Å²) in [5.74, 6) is -0.689. The van der Waals surface area contributed by atoms with E-state index in [1.807, 2.05) is 32.9 Å². The second-order valence-corrected chi connectivity index (χ2v) is 8.69. The van der Waals surface area contributed by atoms with E-state index in [1.165, 1.54) is 9.24 Å². The molecule has 1 heterocycles. The van der Waals surface area contributed by atoms with Gasteiger partial charge in [-0.05, 0) is 36.2 Å². The number of carbonyl (C=O) groups is 2. The molecule has 37 heavy (non-hydrogen) atoms. The SMILES string of the molecule is CC.Cc1cc(-c2cc(-c3cccc(C(=O)NCC#N)c3)no2)ccc1CNC(CC(N)=O)C(F)(F)P. The van der Waals surface area contributed by atoms with Crippen LogP contribution in [-0.2, 0) is 11.3 Å². The van der Waals surface area contributed by atoms with Gasteiger partial charge in [0.05, 0.1) is 12.1 Å². The number of nitrogens with zero attached hydrogens (tertiary/aromatic N) is 2. The number of primary amides is 1. The maximum Gasteiger partial charge on any atom is 0.274 e. The van der Waals surface area contributed by atoms with E-state index in [0.717, 1.165) is 16.7 Å². The summed E-state index contributed by atoms with van der Waals surface area (Å²) < 4.78 is 33.0. The smallest absolute Gasteiger partial charge is 0.274 e. The number of alkyl halides is 2. The molecule has 11 heteroatoms. The molecular formula is C26H30F2N5O3P. The van der Waals surface area contributed by atoms with Crippen LogP contribution in [0, 0.1) is 18.3 Å². The van der Waals surface area contributed by atoms with Crippen molar-refractivity contribution in [1.29, 1.82) is 5.26 Å². The molecule has 0 fully saturated rings. The van der Waals surface area contributed by atoms with Crippen LogP contribution in [0.2, 0.25) is 0 Å². The number of carbonyl (C=O) groups excluding carboxylic acids is 2. The minimum absolute atomic E-state index is 0.0896. The molecular weight excluding hydrogens is 499 g/mol. The summed E-state index contributed by atoms with van der Waals surface area (Å²) in [6, 6.07) is 14.4. The summed E-state index contributed by atoms with van der Waals surface area (Å²) >= 11 is 0. The maximum absolute atomic E-state index is 13.7. The predicted molar refractivity (Wildman–Crippen MR) is 141 cm³/mol. The van der Waals surface area contributed by atoms with Crippen LogP contribution in [0.5, 0.6) is 0 Å². The van der Waals surface area contributed by atoms with Crippen LogP contribution < -0.4 is 16.4 Å². The topological polar surface area (TPSA) is 134 Å². The zero-order valence-electron chi connectivity index (χ0n) is 20.8. The summed E-state index contributed by atoms with van der Waals surface area (Å²) in [7, 11) is 1.44. The van der Waals surface area contributed by atoms with Gasteiger partial charge in [0.2, 0.25) is 5.91 Å². The van der Waals surface area contributed by atoms with E-state index in [-0.39, 0.29) is 19.0 Å². The van der Waals surface area contributed by atoms with Gasteiger partial charge in [0.25, 0.3) is 11.6 Å². The molecule has 0 spiro atoms. The molecule has 2 amide bonds. The van der Waals surface area contributed by atoms with Crippen LogP contribution in [-0.4, -0.2) is 35.2 Å². The van der Waals surface area contributed by atoms with E-state index < -0.39 is 24.0 Å². The van der Waals surface area contributed by atoms with E-state index in [1.54, 1.807) is 42.5 Å². The highest BCUT2D eigenvalue weighted by Crippen LogP contribution is 2.30. The first kappa shape index (κ1) is 29.6. The Morgan fingerprint density at radius 1 is 1.19 bits per heavy atom. The van der Waals surface area contributed by atoms with Gasteiger partial charge >= 0.3 is 0 Å². The van der Waals surface area contributed by atoms with Crippen LogP contribution in [0.1, 0.15) is 41.8 Å². The fourth-order valence-electron chi connectivity index (χ4n) is 3.42. The summed E-state index contributed by atoms with van der Waals surface area (Å²) in [6.45, 7) is 5.87. The average molecular weight is 530 g/mol. The Morgan fingerprint density at radius 2 is 1.92 bits per heavy atom. The Morgan fingerprint density at radius 3 is 2.54 bits per heavy atom. The van der Waals surface area contributed by atoms with Gasteiger partial charge in [-0.2, -0.15) is 5.26 Å². The van der Waals surface area contributed by atoms with Crippen LogP contribution >= 0.6 is 9.24 Å². The standard InChI is InChI=1S/C24H24F2N5O3P.C2H6/c1-14-9-16(5-6-18(14)13-30-21(12-22(28)32)24(25,26)35)20-11-19(31-34-20)15-3-2-4-17(10-15)23(33)29-8-7-27;1-2/h2-6,9-11,21,30H,8,12-13,35H2,1H3,(H2,28,32)(H,29,33);1-2H3. The highest BCUT2D eigenvalue weighted by molar-refractivity contribution is 7.18. The lowest BCUT2D eigenvalue weighted by Crippen LogP contribution is -2.43. The van der Waals surface area contributed by atoms with Gasteiger partial charge in [-0.3, -0.25) is 9.59 Å². The molecule has 8 nitrogen and oxygen atoms in total. The molecule has 0 aliphatic rings. The first-order valence-electron chi connectivity index (χ1n) is 11.6. The van der Waals surface area contributed by atoms with Crippen molar-refractivity contribution in [3.8, 4) is 28.7 Å². The number of benzene rings is 2. The molecule has 0 saturated heterocycles. The number of hydrogen-bond donors (Lipinski definition) is 3. The molecule has 0 aliphatic carbocycles. The zero-order chi connectivity index (χ0) is 27.6. The average Bonchev–Trinajstić information content (AvgIpc) is 3.36. The normalized spacial score (nSPS) is 11.6. The van der Waals surface area contributed by atoms with Gasteiger partial charge in [0, 0.05) is 35.7 Å². The molecule has 3 aromatic rings. The van der Waals surface area contributed by atoms with Crippen molar-refractivity contribution in [1.82, 2.24) is 15.8 Å². The van der Waals surface area contributed by atoms with Crippen LogP contribution in [0.4, 0.5) is 8.78 Å². The number of nitrogens with two attached hydrogens (primary N) is 1. The van der Waals surface area contributed by atoms with Gasteiger partial charge in [0.1, 0.15) is 12.2 Å². The van der Waals surface area contributed by atoms with Crippen molar-refractivity contribution < 1.29 is 22.9 Å². The van der Waals surface area contributed by atoms with E-state index >= 15 is 0 Å². The van der Waals surface area contributed by atoms with Crippen molar-refractivity contribution in [2.45, 2.75) is 45.4 Å². The molecule has 1 aromatic heterocycles. The summed E-state index contributed by atoms with van der Waals surface area (Å²) in [4.78, 5) is 23.2. The molecule has 2 unspecified atom stereocenters. The summed E-state index contributed by atoms with van der Waals surface area (Å²) in [6.07, 6.45) is -0.490. The minimum Gasteiger partial charge on any atom is -0.370 e. The number of aryl methyl sites for hydroxylation is 1.